The van der Waals surface area contributed by atoms with Crippen LogP contribution in [0.4, 0.5) is 8.78 Å². The van der Waals surface area contributed by atoms with Crippen LogP contribution in [-0.4, -0.2) is 6.54 Å². The van der Waals surface area contributed by atoms with Gasteiger partial charge in [0.2, 0.25) is 0 Å². The Labute approximate surface area is 101 Å². The van der Waals surface area contributed by atoms with Crippen LogP contribution < -0.4 is 5.73 Å². The molecule has 1 fully saturated rings. The Morgan fingerprint density at radius 1 is 1.29 bits per heavy atom. The van der Waals surface area contributed by atoms with E-state index in [1.54, 1.807) is 0 Å². The van der Waals surface area contributed by atoms with Gasteiger partial charge in [0.15, 0.2) is 0 Å². The lowest BCUT2D eigenvalue weighted by Crippen LogP contribution is -2.30. The monoisotopic (exact) mass is 239 g/mol. The molecule has 0 amide bonds. The second-order valence-electron chi connectivity index (χ2n) is 5.51. The van der Waals surface area contributed by atoms with Crippen LogP contribution in [0, 0.1) is 23.0 Å². The summed E-state index contributed by atoms with van der Waals surface area (Å²) in [7, 11) is 0. The van der Waals surface area contributed by atoms with Gasteiger partial charge in [0.1, 0.15) is 11.6 Å². The summed E-state index contributed by atoms with van der Waals surface area (Å²) in [5, 5.41) is 0. The summed E-state index contributed by atoms with van der Waals surface area (Å²) in [6.07, 6.45) is 3.96. The van der Waals surface area contributed by atoms with Crippen molar-refractivity contribution in [3.8, 4) is 0 Å². The molecule has 94 valence electrons. The van der Waals surface area contributed by atoms with E-state index in [2.05, 4.69) is 6.92 Å². The molecule has 2 unspecified atom stereocenters. The number of halogens is 2. The van der Waals surface area contributed by atoms with Crippen molar-refractivity contribution in [2.24, 2.45) is 17.1 Å². The van der Waals surface area contributed by atoms with E-state index in [0.29, 0.717) is 18.9 Å². The molecule has 2 N–H and O–H groups in total. The predicted octanol–water partition coefficient (Wildman–Crippen LogP) is 3.27. The fourth-order valence-electron chi connectivity index (χ4n) is 3.06. The summed E-state index contributed by atoms with van der Waals surface area (Å²) in [4.78, 5) is 0. The minimum atomic E-state index is -0.502. The molecule has 1 nitrogen and oxygen atoms in total. The lowest BCUT2D eigenvalue weighted by atomic mass is 9.79. The topological polar surface area (TPSA) is 26.0 Å². The minimum Gasteiger partial charge on any atom is -0.330 e. The number of nitrogens with two attached hydrogens (primary N) is 1. The number of hydrogen-bond donors (Lipinski definition) is 1. The highest BCUT2D eigenvalue weighted by molar-refractivity contribution is 5.20. The summed E-state index contributed by atoms with van der Waals surface area (Å²) in [5.74, 6) is -0.339. The third-order valence-electron chi connectivity index (χ3n) is 3.88. The van der Waals surface area contributed by atoms with Crippen LogP contribution in [0.15, 0.2) is 18.2 Å². The molecule has 1 aliphatic carbocycles. The Morgan fingerprint density at radius 3 is 2.41 bits per heavy atom. The highest BCUT2D eigenvalue weighted by Gasteiger charge is 2.36. The Bertz CT molecular complexity index is 385. The molecule has 2 rings (SSSR count). The van der Waals surface area contributed by atoms with Crippen molar-refractivity contribution >= 4 is 0 Å². The molecule has 3 heteroatoms. The first kappa shape index (κ1) is 12.5. The van der Waals surface area contributed by atoms with E-state index < -0.39 is 11.6 Å². The van der Waals surface area contributed by atoms with Crippen LogP contribution in [0.3, 0.4) is 0 Å². The molecule has 0 aliphatic heterocycles. The fraction of sp³-hybridized carbons (Fsp3) is 0.571. The van der Waals surface area contributed by atoms with Gasteiger partial charge < -0.3 is 5.73 Å². The van der Waals surface area contributed by atoms with Crippen molar-refractivity contribution in [3.05, 3.63) is 35.4 Å². The molecule has 0 radical (unpaired) electrons. The maximum absolute atomic E-state index is 13.1. The van der Waals surface area contributed by atoms with Crippen LogP contribution in [0.25, 0.3) is 0 Å². The Hall–Kier alpha value is -0.960. The quantitative estimate of drug-likeness (QED) is 0.860. The average molecular weight is 239 g/mol. The van der Waals surface area contributed by atoms with Crippen LogP contribution in [0.1, 0.15) is 31.7 Å². The molecule has 1 saturated carbocycles. The van der Waals surface area contributed by atoms with E-state index >= 15 is 0 Å². The van der Waals surface area contributed by atoms with Crippen LogP contribution in [0.2, 0.25) is 0 Å². The van der Waals surface area contributed by atoms with Crippen molar-refractivity contribution in [2.75, 3.05) is 6.54 Å². The Morgan fingerprint density at radius 2 is 1.94 bits per heavy atom. The molecule has 0 aromatic heterocycles. The van der Waals surface area contributed by atoms with Crippen molar-refractivity contribution in [3.63, 3.8) is 0 Å². The number of rotatable bonds is 3. The van der Waals surface area contributed by atoms with Crippen molar-refractivity contribution in [2.45, 2.75) is 32.6 Å². The van der Waals surface area contributed by atoms with E-state index in [4.69, 9.17) is 5.73 Å². The molecule has 1 aliphatic rings. The van der Waals surface area contributed by atoms with E-state index in [1.165, 1.54) is 12.1 Å². The van der Waals surface area contributed by atoms with E-state index in [0.717, 1.165) is 30.9 Å². The molecular weight excluding hydrogens is 220 g/mol. The predicted molar refractivity (Wildman–Crippen MR) is 64.6 cm³/mol. The van der Waals surface area contributed by atoms with Gasteiger partial charge in [-0.1, -0.05) is 13.3 Å². The average Bonchev–Trinajstić information content (AvgIpc) is 2.59. The fourth-order valence-corrected chi connectivity index (χ4v) is 3.06. The summed E-state index contributed by atoms with van der Waals surface area (Å²) >= 11 is 0. The van der Waals surface area contributed by atoms with Crippen molar-refractivity contribution < 1.29 is 8.78 Å². The first-order chi connectivity index (χ1) is 8.03. The van der Waals surface area contributed by atoms with Gasteiger partial charge in [-0.05, 0) is 54.8 Å². The van der Waals surface area contributed by atoms with Gasteiger partial charge in [-0.15, -0.1) is 0 Å². The molecule has 0 bridgehead atoms. The van der Waals surface area contributed by atoms with E-state index in [1.807, 2.05) is 0 Å². The minimum absolute atomic E-state index is 0.0413. The van der Waals surface area contributed by atoms with Gasteiger partial charge >= 0.3 is 0 Å². The largest absolute Gasteiger partial charge is 0.330 e. The third-order valence-corrected chi connectivity index (χ3v) is 3.88. The standard InChI is InChI=1S/C14H19F2N/c1-10-2-3-14(7-10,9-17)8-11-4-12(15)6-13(16)5-11/h4-6,10H,2-3,7-9,17H2,1H3. The first-order valence-electron chi connectivity index (χ1n) is 6.18. The Balaban J connectivity index is 2.18. The molecular formula is C14H19F2N. The van der Waals surface area contributed by atoms with Crippen molar-refractivity contribution in [1.29, 1.82) is 0 Å². The molecule has 0 heterocycles. The molecule has 0 saturated heterocycles. The second kappa shape index (κ2) is 4.73. The van der Waals surface area contributed by atoms with Crippen LogP contribution in [-0.2, 0) is 6.42 Å². The lowest BCUT2D eigenvalue weighted by molar-refractivity contribution is 0.295. The normalized spacial score (nSPS) is 28.6. The van der Waals surface area contributed by atoms with E-state index in [-0.39, 0.29) is 5.41 Å². The zero-order chi connectivity index (χ0) is 12.5. The molecule has 17 heavy (non-hydrogen) atoms. The zero-order valence-electron chi connectivity index (χ0n) is 10.2. The van der Waals surface area contributed by atoms with Gasteiger partial charge in [0.05, 0.1) is 0 Å². The zero-order valence-corrected chi connectivity index (χ0v) is 10.2. The maximum Gasteiger partial charge on any atom is 0.126 e. The summed E-state index contributed by atoms with van der Waals surface area (Å²) in [5.41, 5.74) is 6.63. The highest BCUT2D eigenvalue weighted by atomic mass is 19.1. The third kappa shape index (κ3) is 2.83. The lowest BCUT2D eigenvalue weighted by Gasteiger charge is -2.27. The second-order valence-corrected chi connectivity index (χ2v) is 5.51. The van der Waals surface area contributed by atoms with E-state index in [9.17, 15) is 8.78 Å². The Kier molecular flexibility index (Phi) is 3.48. The number of benzene rings is 1. The van der Waals surface area contributed by atoms with Gasteiger partial charge in [0.25, 0.3) is 0 Å². The summed E-state index contributed by atoms with van der Waals surface area (Å²) < 4.78 is 26.3. The molecule has 1 aromatic rings. The molecule has 1 aromatic carbocycles. The molecule has 2 atom stereocenters. The van der Waals surface area contributed by atoms with Crippen LogP contribution >= 0.6 is 0 Å². The van der Waals surface area contributed by atoms with Gasteiger partial charge in [-0.25, -0.2) is 8.78 Å². The SMILES string of the molecule is CC1CCC(CN)(Cc2cc(F)cc(F)c2)C1. The van der Waals surface area contributed by atoms with Gasteiger partial charge in [-0.2, -0.15) is 0 Å². The van der Waals surface area contributed by atoms with Gasteiger partial charge in [-0.3, -0.25) is 0 Å². The summed E-state index contributed by atoms with van der Waals surface area (Å²) in [6, 6.07) is 3.75. The maximum atomic E-state index is 13.1. The first-order valence-corrected chi connectivity index (χ1v) is 6.18. The highest BCUT2D eigenvalue weighted by Crippen LogP contribution is 2.43. The molecule has 0 spiro atoms. The smallest absolute Gasteiger partial charge is 0.126 e. The van der Waals surface area contributed by atoms with Gasteiger partial charge in [0, 0.05) is 6.07 Å². The van der Waals surface area contributed by atoms with Crippen LogP contribution in [0.5, 0.6) is 0 Å². The summed E-state index contributed by atoms with van der Waals surface area (Å²) in [6.45, 7) is 2.80. The van der Waals surface area contributed by atoms with Crippen molar-refractivity contribution in [1.82, 2.24) is 0 Å². The number of hydrogen-bond acceptors (Lipinski definition) is 1.